The van der Waals surface area contributed by atoms with Crippen LogP contribution in [-0.4, -0.2) is 41.8 Å². The first-order valence-corrected chi connectivity index (χ1v) is 9.61. The second-order valence-electron chi connectivity index (χ2n) is 8.48. The van der Waals surface area contributed by atoms with Gasteiger partial charge >= 0.3 is 6.09 Å². The quantitative estimate of drug-likeness (QED) is 0.818. The standard InChI is InChI=1S/C19H36N2O2/c1-5-6-9-15-12-16(20-18(22)23-19(2,3)4)14-21(13-15)17-10-7-8-11-17/h15-17H,5-14H2,1-4H3,(H,20,22). The summed E-state index contributed by atoms with van der Waals surface area (Å²) in [5, 5.41) is 3.13. The summed E-state index contributed by atoms with van der Waals surface area (Å²) in [6.07, 6.45) is 10.1. The molecule has 2 atom stereocenters. The molecular weight excluding hydrogens is 288 g/mol. The summed E-state index contributed by atoms with van der Waals surface area (Å²) >= 11 is 0. The molecule has 1 aliphatic heterocycles. The third-order valence-corrected chi connectivity index (χ3v) is 5.09. The van der Waals surface area contributed by atoms with Crippen molar-refractivity contribution in [3.05, 3.63) is 0 Å². The van der Waals surface area contributed by atoms with Crippen molar-refractivity contribution in [3.8, 4) is 0 Å². The van der Waals surface area contributed by atoms with Crippen LogP contribution in [0.3, 0.4) is 0 Å². The third-order valence-electron chi connectivity index (χ3n) is 5.09. The monoisotopic (exact) mass is 324 g/mol. The molecule has 1 heterocycles. The number of hydrogen-bond donors (Lipinski definition) is 1. The van der Waals surface area contributed by atoms with Crippen molar-refractivity contribution in [2.45, 2.75) is 96.7 Å². The van der Waals surface area contributed by atoms with Gasteiger partial charge in [0, 0.05) is 25.2 Å². The third kappa shape index (κ3) is 6.33. The normalized spacial score (nSPS) is 27.1. The molecule has 4 heteroatoms. The summed E-state index contributed by atoms with van der Waals surface area (Å²) in [7, 11) is 0. The minimum atomic E-state index is -0.425. The number of nitrogens with zero attached hydrogens (tertiary/aromatic N) is 1. The molecule has 1 amide bonds. The molecule has 2 unspecified atom stereocenters. The predicted octanol–water partition coefficient (Wildman–Crippen LogP) is 4.33. The van der Waals surface area contributed by atoms with Crippen LogP contribution in [0.5, 0.6) is 0 Å². The van der Waals surface area contributed by atoms with Gasteiger partial charge in [0.05, 0.1) is 0 Å². The van der Waals surface area contributed by atoms with Gasteiger partial charge in [0.25, 0.3) is 0 Å². The molecule has 2 rings (SSSR count). The van der Waals surface area contributed by atoms with E-state index in [0.29, 0.717) is 5.92 Å². The maximum atomic E-state index is 12.1. The zero-order chi connectivity index (χ0) is 16.9. The molecular formula is C19H36N2O2. The molecule has 0 aromatic carbocycles. The van der Waals surface area contributed by atoms with Crippen molar-refractivity contribution in [2.75, 3.05) is 13.1 Å². The highest BCUT2D eigenvalue weighted by Crippen LogP contribution is 2.30. The highest BCUT2D eigenvalue weighted by Gasteiger charge is 2.33. The van der Waals surface area contributed by atoms with E-state index in [1.54, 1.807) is 0 Å². The Hall–Kier alpha value is -0.770. The summed E-state index contributed by atoms with van der Waals surface area (Å²) in [5.41, 5.74) is -0.425. The predicted molar refractivity (Wildman–Crippen MR) is 94.6 cm³/mol. The molecule has 1 saturated heterocycles. The molecule has 23 heavy (non-hydrogen) atoms. The Labute approximate surface area is 142 Å². The van der Waals surface area contributed by atoms with Gasteiger partial charge < -0.3 is 10.1 Å². The van der Waals surface area contributed by atoms with Gasteiger partial charge in [-0.05, 0) is 52.4 Å². The van der Waals surface area contributed by atoms with Crippen LogP contribution in [-0.2, 0) is 4.74 Å². The number of unbranched alkanes of at least 4 members (excludes halogenated alkanes) is 1. The second-order valence-corrected chi connectivity index (χ2v) is 8.48. The Morgan fingerprint density at radius 1 is 1.22 bits per heavy atom. The van der Waals surface area contributed by atoms with E-state index in [-0.39, 0.29) is 12.1 Å². The lowest BCUT2D eigenvalue weighted by atomic mass is 9.89. The molecule has 0 aromatic heterocycles. The van der Waals surface area contributed by atoms with E-state index in [9.17, 15) is 4.79 Å². The number of amides is 1. The number of carbonyl (C=O) groups is 1. The number of ether oxygens (including phenoxy) is 1. The van der Waals surface area contributed by atoms with Crippen LogP contribution in [0.4, 0.5) is 4.79 Å². The number of piperidine rings is 1. The number of likely N-dealkylation sites (tertiary alicyclic amines) is 1. The van der Waals surface area contributed by atoms with Crippen LogP contribution in [0.2, 0.25) is 0 Å². The van der Waals surface area contributed by atoms with Gasteiger partial charge in [-0.2, -0.15) is 0 Å². The Morgan fingerprint density at radius 3 is 2.52 bits per heavy atom. The van der Waals surface area contributed by atoms with Crippen molar-refractivity contribution in [1.29, 1.82) is 0 Å². The van der Waals surface area contributed by atoms with Crippen LogP contribution < -0.4 is 5.32 Å². The highest BCUT2D eigenvalue weighted by molar-refractivity contribution is 5.68. The van der Waals surface area contributed by atoms with Crippen molar-refractivity contribution in [2.24, 2.45) is 5.92 Å². The average molecular weight is 325 g/mol. The van der Waals surface area contributed by atoms with Gasteiger partial charge in [0.2, 0.25) is 0 Å². The fraction of sp³-hybridized carbons (Fsp3) is 0.947. The number of nitrogens with one attached hydrogen (secondary N) is 1. The van der Waals surface area contributed by atoms with Gasteiger partial charge in [-0.1, -0.05) is 32.6 Å². The summed E-state index contributed by atoms with van der Waals surface area (Å²) < 4.78 is 5.45. The first kappa shape index (κ1) is 18.6. The zero-order valence-electron chi connectivity index (χ0n) is 15.6. The van der Waals surface area contributed by atoms with Gasteiger partial charge in [-0.15, -0.1) is 0 Å². The molecule has 1 saturated carbocycles. The van der Waals surface area contributed by atoms with E-state index in [0.717, 1.165) is 19.0 Å². The van der Waals surface area contributed by atoms with Crippen molar-refractivity contribution < 1.29 is 9.53 Å². The minimum absolute atomic E-state index is 0.237. The lowest BCUT2D eigenvalue weighted by Crippen LogP contribution is -2.54. The summed E-state index contributed by atoms with van der Waals surface area (Å²) in [5.74, 6) is 0.712. The zero-order valence-corrected chi connectivity index (χ0v) is 15.6. The first-order valence-electron chi connectivity index (χ1n) is 9.61. The lowest BCUT2D eigenvalue weighted by molar-refractivity contribution is 0.0409. The smallest absolute Gasteiger partial charge is 0.407 e. The molecule has 4 nitrogen and oxygen atoms in total. The van der Waals surface area contributed by atoms with Crippen LogP contribution in [0, 0.1) is 5.92 Å². The van der Waals surface area contributed by atoms with Crippen molar-refractivity contribution in [3.63, 3.8) is 0 Å². The van der Waals surface area contributed by atoms with Crippen LogP contribution in [0.25, 0.3) is 0 Å². The molecule has 0 bridgehead atoms. The van der Waals surface area contributed by atoms with Gasteiger partial charge in [-0.25, -0.2) is 4.79 Å². The van der Waals surface area contributed by atoms with E-state index in [2.05, 4.69) is 17.1 Å². The topological polar surface area (TPSA) is 41.6 Å². The minimum Gasteiger partial charge on any atom is -0.444 e. The summed E-state index contributed by atoms with van der Waals surface area (Å²) in [4.78, 5) is 14.8. The lowest BCUT2D eigenvalue weighted by Gasteiger charge is -2.41. The SMILES string of the molecule is CCCCC1CC(NC(=O)OC(C)(C)C)CN(C2CCCC2)C1. The van der Waals surface area contributed by atoms with Gasteiger partial charge in [0.15, 0.2) is 0 Å². The molecule has 2 fully saturated rings. The number of rotatable bonds is 5. The van der Waals surface area contributed by atoms with Crippen molar-refractivity contribution >= 4 is 6.09 Å². The van der Waals surface area contributed by atoms with Gasteiger partial charge in [-0.3, -0.25) is 4.90 Å². The van der Waals surface area contributed by atoms with Gasteiger partial charge in [0.1, 0.15) is 5.60 Å². The number of alkyl carbamates (subject to hydrolysis) is 1. The maximum Gasteiger partial charge on any atom is 0.407 e. The Bertz CT molecular complexity index is 372. The molecule has 0 aromatic rings. The summed E-state index contributed by atoms with van der Waals surface area (Å²) in [6.45, 7) is 10.2. The van der Waals surface area contributed by atoms with E-state index >= 15 is 0 Å². The van der Waals surface area contributed by atoms with Crippen LogP contribution in [0.15, 0.2) is 0 Å². The highest BCUT2D eigenvalue weighted by atomic mass is 16.6. The Kier molecular flexibility index (Phi) is 6.75. The maximum absolute atomic E-state index is 12.1. The Balaban J connectivity index is 1.92. The average Bonchev–Trinajstić information content (AvgIpc) is 2.96. The van der Waals surface area contributed by atoms with E-state index < -0.39 is 5.60 Å². The first-order chi connectivity index (χ1) is 10.9. The van der Waals surface area contributed by atoms with E-state index in [4.69, 9.17) is 4.74 Å². The van der Waals surface area contributed by atoms with E-state index in [1.807, 2.05) is 20.8 Å². The molecule has 0 spiro atoms. The molecule has 0 radical (unpaired) electrons. The number of carbonyl (C=O) groups excluding carboxylic acids is 1. The largest absolute Gasteiger partial charge is 0.444 e. The fourth-order valence-electron chi connectivity index (χ4n) is 4.09. The summed E-state index contributed by atoms with van der Waals surface area (Å²) in [6, 6.07) is 0.975. The number of hydrogen-bond acceptors (Lipinski definition) is 3. The molecule has 1 aliphatic carbocycles. The molecule has 1 N–H and O–H groups in total. The fourth-order valence-corrected chi connectivity index (χ4v) is 4.09. The van der Waals surface area contributed by atoms with Crippen molar-refractivity contribution in [1.82, 2.24) is 10.2 Å². The van der Waals surface area contributed by atoms with E-state index in [1.165, 1.54) is 51.5 Å². The molecule has 134 valence electrons. The Morgan fingerprint density at radius 2 is 1.91 bits per heavy atom. The molecule has 2 aliphatic rings. The van der Waals surface area contributed by atoms with Crippen LogP contribution in [0.1, 0.15) is 79.1 Å². The van der Waals surface area contributed by atoms with Crippen LogP contribution >= 0.6 is 0 Å². The second kappa shape index (κ2) is 8.36.